The highest BCUT2D eigenvalue weighted by Gasteiger charge is 2.30. The van der Waals surface area contributed by atoms with Crippen LogP contribution in [0.1, 0.15) is 44.1 Å². The van der Waals surface area contributed by atoms with Gasteiger partial charge < -0.3 is 14.5 Å². The standard InChI is InChI=1S/C21H29ClN2O3/c1-27-19-7-5-16(15-18(19)22)6-8-20(25)23-13-9-17(10-14-23)21(26)24-11-3-2-4-12-24/h5,7,15,17H,2-4,6,8-14H2,1H3. The summed E-state index contributed by atoms with van der Waals surface area (Å²) < 4.78 is 5.16. The van der Waals surface area contributed by atoms with Crippen LogP contribution in [0.3, 0.4) is 0 Å². The number of halogens is 1. The molecule has 2 aliphatic heterocycles. The fourth-order valence-corrected chi connectivity index (χ4v) is 4.30. The van der Waals surface area contributed by atoms with Gasteiger partial charge in [0.2, 0.25) is 11.8 Å². The Morgan fingerprint density at radius 3 is 2.41 bits per heavy atom. The summed E-state index contributed by atoms with van der Waals surface area (Å²) in [7, 11) is 1.59. The van der Waals surface area contributed by atoms with E-state index in [4.69, 9.17) is 16.3 Å². The molecule has 0 atom stereocenters. The molecule has 2 saturated heterocycles. The monoisotopic (exact) mass is 392 g/mol. The zero-order valence-electron chi connectivity index (χ0n) is 16.1. The number of piperidine rings is 2. The summed E-state index contributed by atoms with van der Waals surface area (Å²) in [6.07, 6.45) is 6.18. The second kappa shape index (κ2) is 9.45. The van der Waals surface area contributed by atoms with E-state index < -0.39 is 0 Å². The maximum Gasteiger partial charge on any atom is 0.225 e. The Morgan fingerprint density at radius 1 is 1.07 bits per heavy atom. The third-order valence-corrected chi connectivity index (χ3v) is 6.00. The van der Waals surface area contributed by atoms with Crippen LogP contribution in [0.5, 0.6) is 5.75 Å². The van der Waals surface area contributed by atoms with E-state index in [0.717, 1.165) is 44.3 Å². The van der Waals surface area contributed by atoms with Gasteiger partial charge in [-0.3, -0.25) is 9.59 Å². The topological polar surface area (TPSA) is 49.9 Å². The molecule has 6 heteroatoms. The van der Waals surface area contributed by atoms with Crippen LogP contribution in [0, 0.1) is 5.92 Å². The molecule has 148 valence electrons. The van der Waals surface area contributed by atoms with Gasteiger partial charge >= 0.3 is 0 Å². The van der Waals surface area contributed by atoms with Crippen molar-refractivity contribution in [1.82, 2.24) is 9.80 Å². The number of nitrogens with zero attached hydrogens (tertiary/aromatic N) is 2. The molecule has 2 amide bonds. The van der Waals surface area contributed by atoms with Gasteiger partial charge in [-0.25, -0.2) is 0 Å². The van der Waals surface area contributed by atoms with Gasteiger partial charge in [0, 0.05) is 38.5 Å². The van der Waals surface area contributed by atoms with Crippen LogP contribution in [-0.4, -0.2) is 54.9 Å². The Hall–Kier alpha value is -1.75. The van der Waals surface area contributed by atoms with Crippen molar-refractivity contribution in [3.8, 4) is 5.75 Å². The van der Waals surface area contributed by atoms with Crippen molar-refractivity contribution in [3.63, 3.8) is 0 Å². The van der Waals surface area contributed by atoms with Crippen LogP contribution in [0.4, 0.5) is 0 Å². The van der Waals surface area contributed by atoms with E-state index in [2.05, 4.69) is 0 Å². The first-order chi connectivity index (χ1) is 13.1. The third-order valence-electron chi connectivity index (χ3n) is 5.71. The van der Waals surface area contributed by atoms with Crippen LogP contribution >= 0.6 is 11.6 Å². The van der Waals surface area contributed by atoms with Gasteiger partial charge in [0.25, 0.3) is 0 Å². The number of hydrogen-bond donors (Lipinski definition) is 0. The first-order valence-electron chi connectivity index (χ1n) is 9.97. The first kappa shape index (κ1) is 20.0. The smallest absolute Gasteiger partial charge is 0.225 e. The highest BCUT2D eigenvalue weighted by molar-refractivity contribution is 6.32. The summed E-state index contributed by atoms with van der Waals surface area (Å²) in [6.45, 7) is 3.18. The largest absolute Gasteiger partial charge is 0.495 e. The fraction of sp³-hybridized carbons (Fsp3) is 0.619. The lowest BCUT2D eigenvalue weighted by molar-refractivity contribution is -0.141. The molecule has 0 bridgehead atoms. The zero-order chi connectivity index (χ0) is 19.2. The Balaban J connectivity index is 1.44. The van der Waals surface area contributed by atoms with Crippen LogP contribution in [-0.2, 0) is 16.0 Å². The van der Waals surface area contributed by atoms with Gasteiger partial charge in [-0.1, -0.05) is 17.7 Å². The Labute approximate surface area is 166 Å². The average molecular weight is 393 g/mol. The molecule has 3 rings (SSSR count). The minimum absolute atomic E-state index is 0.0903. The Bertz CT molecular complexity index is 665. The summed E-state index contributed by atoms with van der Waals surface area (Å²) in [5, 5.41) is 0.569. The summed E-state index contributed by atoms with van der Waals surface area (Å²) in [6, 6.07) is 5.64. The van der Waals surface area contributed by atoms with E-state index in [1.54, 1.807) is 7.11 Å². The molecule has 0 N–H and O–H groups in total. The van der Waals surface area contributed by atoms with Gasteiger partial charge in [0.1, 0.15) is 5.75 Å². The molecule has 0 spiro atoms. The van der Waals surface area contributed by atoms with Crippen molar-refractivity contribution >= 4 is 23.4 Å². The lowest BCUT2D eigenvalue weighted by atomic mass is 9.94. The minimum Gasteiger partial charge on any atom is -0.495 e. The van der Waals surface area contributed by atoms with E-state index >= 15 is 0 Å². The lowest BCUT2D eigenvalue weighted by Gasteiger charge is -2.35. The number of rotatable bonds is 5. The van der Waals surface area contributed by atoms with Crippen LogP contribution in [0.25, 0.3) is 0 Å². The SMILES string of the molecule is COc1ccc(CCC(=O)N2CCC(C(=O)N3CCCCC3)CC2)cc1Cl. The Morgan fingerprint density at radius 2 is 1.78 bits per heavy atom. The summed E-state index contributed by atoms with van der Waals surface area (Å²) >= 11 is 6.15. The number of aryl methyl sites for hydroxylation is 1. The third kappa shape index (κ3) is 5.16. The second-order valence-corrected chi connectivity index (χ2v) is 7.92. The maximum atomic E-state index is 12.6. The highest BCUT2D eigenvalue weighted by atomic mass is 35.5. The minimum atomic E-state index is 0.0903. The molecule has 2 fully saturated rings. The molecule has 0 saturated carbocycles. The van der Waals surface area contributed by atoms with E-state index in [-0.39, 0.29) is 11.8 Å². The molecule has 27 heavy (non-hydrogen) atoms. The predicted molar refractivity (Wildman–Crippen MR) is 106 cm³/mol. The molecule has 2 heterocycles. The van der Waals surface area contributed by atoms with Crippen LogP contribution < -0.4 is 4.74 Å². The van der Waals surface area contributed by atoms with Gasteiger partial charge in [-0.2, -0.15) is 0 Å². The van der Waals surface area contributed by atoms with Crippen molar-refractivity contribution < 1.29 is 14.3 Å². The van der Waals surface area contributed by atoms with Crippen molar-refractivity contribution in [2.75, 3.05) is 33.3 Å². The molecular weight excluding hydrogens is 364 g/mol. The van der Waals surface area contributed by atoms with Crippen molar-refractivity contribution in [2.24, 2.45) is 5.92 Å². The molecular formula is C21H29ClN2O3. The molecule has 0 aliphatic carbocycles. The maximum absolute atomic E-state index is 12.6. The van der Waals surface area contributed by atoms with Gasteiger partial charge in [-0.05, 0) is 56.2 Å². The summed E-state index contributed by atoms with van der Waals surface area (Å²) in [5.74, 6) is 1.19. The second-order valence-electron chi connectivity index (χ2n) is 7.51. The molecule has 0 aromatic heterocycles. The molecule has 0 unspecified atom stereocenters. The van der Waals surface area contributed by atoms with Crippen LogP contribution in [0.2, 0.25) is 5.02 Å². The van der Waals surface area contributed by atoms with Gasteiger partial charge in [-0.15, -0.1) is 0 Å². The quantitative estimate of drug-likeness (QED) is 0.770. The number of carbonyl (C=O) groups excluding carboxylic acids is 2. The average Bonchev–Trinajstić information content (AvgIpc) is 2.72. The molecule has 5 nitrogen and oxygen atoms in total. The van der Waals surface area contributed by atoms with Gasteiger partial charge in [0.15, 0.2) is 0 Å². The Kier molecular flexibility index (Phi) is 7.00. The number of benzene rings is 1. The number of amides is 2. The molecule has 1 aromatic rings. The number of methoxy groups -OCH3 is 1. The number of likely N-dealkylation sites (tertiary alicyclic amines) is 2. The molecule has 2 aliphatic rings. The van der Waals surface area contributed by atoms with Gasteiger partial charge in [0.05, 0.1) is 12.1 Å². The van der Waals surface area contributed by atoms with Crippen molar-refractivity contribution in [3.05, 3.63) is 28.8 Å². The number of ether oxygens (including phenoxy) is 1. The highest BCUT2D eigenvalue weighted by Crippen LogP contribution is 2.26. The van der Waals surface area contributed by atoms with Crippen molar-refractivity contribution in [2.45, 2.75) is 44.9 Å². The number of hydrogen-bond acceptors (Lipinski definition) is 3. The lowest BCUT2D eigenvalue weighted by Crippen LogP contribution is -2.45. The fourth-order valence-electron chi connectivity index (χ4n) is 4.02. The summed E-state index contributed by atoms with van der Waals surface area (Å²) in [5.41, 5.74) is 1.03. The van der Waals surface area contributed by atoms with Crippen molar-refractivity contribution in [1.29, 1.82) is 0 Å². The van der Waals surface area contributed by atoms with E-state index in [1.165, 1.54) is 6.42 Å². The molecule has 0 radical (unpaired) electrons. The van der Waals surface area contributed by atoms with E-state index in [1.807, 2.05) is 28.0 Å². The molecule has 1 aromatic carbocycles. The normalized spacial score (nSPS) is 18.4. The van der Waals surface area contributed by atoms with E-state index in [9.17, 15) is 9.59 Å². The predicted octanol–water partition coefficient (Wildman–Crippen LogP) is 3.53. The summed E-state index contributed by atoms with van der Waals surface area (Å²) in [4.78, 5) is 29.1. The van der Waals surface area contributed by atoms with Crippen LogP contribution in [0.15, 0.2) is 18.2 Å². The zero-order valence-corrected chi connectivity index (χ0v) is 16.8. The van der Waals surface area contributed by atoms with E-state index in [0.29, 0.717) is 42.6 Å². The number of carbonyl (C=O) groups is 2. The first-order valence-corrected chi connectivity index (χ1v) is 10.4.